The van der Waals surface area contributed by atoms with Gasteiger partial charge in [-0.15, -0.1) is 0 Å². The molecule has 0 aromatic heterocycles. The molecule has 0 saturated carbocycles. The molecule has 0 atom stereocenters. The van der Waals surface area contributed by atoms with Crippen molar-refractivity contribution in [1.82, 2.24) is 0 Å². The minimum absolute atomic E-state index is 0.399. The summed E-state index contributed by atoms with van der Waals surface area (Å²) in [7, 11) is -2.14. The van der Waals surface area contributed by atoms with Crippen molar-refractivity contribution in [3.63, 3.8) is 0 Å². The molecule has 0 amide bonds. The van der Waals surface area contributed by atoms with E-state index in [1.54, 1.807) is 0 Å². The topological polar surface area (TPSA) is 0 Å². The van der Waals surface area contributed by atoms with Crippen molar-refractivity contribution in [1.29, 1.82) is 0 Å². The molecule has 0 heterocycles. The Morgan fingerprint density at radius 1 is 0.536 bits per heavy atom. The zero-order chi connectivity index (χ0) is 22.3. The van der Waals surface area contributed by atoms with Crippen LogP contribution in [0, 0.1) is 0 Å². The minimum Gasteiger partial charge on any atom is -0.199 e. The maximum absolute atomic E-state index is 14.0. The standard InChI is InChI=1S/C18H31F9P/c1-4-7-11-28(12-8-5-2,13-9-6-3)14-10-15(19,20)16(21,22)17(23,24)18(25,26)27/h4-14H2,1-3H3/q+1. The van der Waals surface area contributed by atoms with Crippen LogP contribution in [0.3, 0.4) is 0 Å². The number of alkyl halides is 9. The summed E-state index contributed by atoms with van der Waals surface area (Å²) in [5.74, 6) is -18.7. The van der Waals surface area contributed by atoms with E-state index in [4.69, 9.17) is 0 Å². The fraction of sp³-hybridized carbons (Fsp3) is 1.00. The maximum Gasteiger partial charge on any atom is 0.460 e. The molecule has 0 spiro atoms. The van der Waals surface area contributed by atoms with E-state index in [0.29, 0.717) is 37.7 Å². The number of hydrogen-bond acceptors (Lipinski definition) is 0. The first-order valence-corrected chi connectivity index (χ1v) is 12.2. The average molecular weight is 449 g/mol. The van der Waals surface area contributed by atoms with Crippen molar-refractivity contribution in [2.75, 3.05) is 24.6 Å². The largest absolute Gasteiger partial charge is 0.460 e. The lowest BCUT2D eigenvalue weighted by molar-refractivity contribution is -0.396. The molecule has 0 unspecified atom stereocenters. The Hall–Kier alpha value is -0.200. The highest BCUT2D eigenvalue weighted by Crippen LogP contribution is 2.63. The first-order valence-electron chi connectivity index (χ1n) is 9.69. The Bertz CT molecular complexity index is 423. The SMILES string of the molecule is CCCC[P+](CCCC)(CCCC)CCC(F)(F)C(F)(F)C(F)(F)C(F)(F)F. The van der Waals surface area contributed by atoms with Crippen molar-refractivity contribution in [3.8, 4) is 0 Å². The lowest BCUT2D eigenvalue weighted by Crippen LogP contribution is -2.61. The van der Waals surface area contributed by atoms with Crippen LogP contribution in [-0.2, 0) is 0 Å². The van der Waals surface area contributed by atoms with Crippen LogP contribution in [0.25, 0.3) is 0 Å². The number of hydrogen-bond donors (Lipinski definition) is 0. The molecule has 170 valence electrons. The third-order valence-electron chi connectivity index (χ3n) is 5.07. The summed E-state index contributed by atoms with van der Waals surface area (Å²) in [5, 5.41) is 0. The minimum atomic E-state index is -6.79. The Morgan fingerprint density at radius 3 is 1.18 bits per heavy atom. The van der Waals surface area contributed by atoms with Crippen molar-refractivity contribution < 1.29 is 39.5 Å². The molecule has 0 saturated heterocycles. The zero-order valence-corrected chi connectivity index (χ0v) is 17.5. The predicted octanol–water partition coefficient (Wildman–Crippen LogP) is 8.26. The van der Waals surface area contributed by atoms with Gasteiger partial charge in [0.25, 0.3) is 0 Å². The normalized spacial score (nSPS) is 14.6. The fourth-order valence-electron chi connectivity index (χ4n) is 3.09. The highest BCUT2D eigenvalue weighted by molar-refractivity contribution is 7.75. The first kappa shape index (κ1) is 27.8. The Labute approximate surface area is 162 Å². The summed E-state index contributed by atoms with van der Waals surface area (Å²) in [6.07, 6.45) is -2.72. The van der Waals surface area contributed by atoms with Crippen LogP contribution in [0.5, 0.6) is 0 Å². The molecule has 0 aliphatic heterocycles. The lowest BCUT2D eigenvalue weighted by atomic mass is 10.0. The maximum atomic E-state index is 14.0. The third-order valence-corrected chi connectivity index (χ3v) is 10.0. The van der Waals surface area contributed by atoms with Crippen LogP contribution in [-0.4, -0.2) is 48.6 Å². The number of unbranched alkanes of at least 4 members (excludes halogenated alkanes) is 3. The predicted molar refractivity (Wildman–Crippen MR) is 96.6 cm³/mol. The van der Waals surface area contributed by atoms with Gasteiger partial charge in [0, 0.05) is 7.26 Å². The Kier molecular flexibility index (Phi) is 10.6. The average Bonchev–Trinajstić information content (AvgIpc) is 2.59. The van der Waals surface area contributed by atoms with Gasteiger partial charge in [0.2, 0.25) is 0 Å². The highest BCUT2D eigenvalue weighted by Gasteiger charge is 2.81. The summed E-state index contributed by atoms with van der Waals surface area (Å²) in [4.78, 5) is 0. The first-order chi connectivity index (χ1) is 12.6. The smallest absolute Gasteiger partial charge is 0.199 e. The van der Waals surface area contributed by atoms with Crippen LogP contribution in [0.15, 0.2) is 0 Å². The second-order valence-electron chi connectivity index (χ2n) is 7.40. The van der Waals surface area contributed by atoms with Crippen molar-refractivity contribution in [2.45, 2.75) is 89.7 Å². The van der Waals surface area contributed by atoms with Gasteiger partial charge in [-0.3, -0.25) is 0 Å². The van der Waals surface area contributed by atoms with Crippen molar-refractivity contribution >= 4 is 7.26 Å². The summed E-state index contributed by atoms with van der Waals surface area (Å²) in [6, 6.07) is 0. The molecule has 0 radical (unpaired) electrons. The molecule has 0 nitrogen and oxygen atoms in total. The van der Waals surface area contributed by atoms with E-state index in [0.717, 1.165) is 19.3 Å². The molecule has 0 aliphatic rings. The molecule has 0 N–H and O–H groups in total. The van der Waals surface area contributed by atoms with Crippen LogP contribution in [0.2, 0.25) is 0 Å². The molecular formula is C18H31F9P+. The Morgan fingerprint density at radius 2 is 0.893 bits per heavy atom. The van der Waals surface area contributed by atoms with E-state index in [1.165, 1.54) is 0 Å². The van der Waals surface area contributed by atoms with Gasteiger partial charge in [-0.25, -0.2) is 0 Å². The van der Waals surface area contributed by atoms with E-state index in [-0.39, 0.29) is 0 Å². The molecule has 10 heteroatoms. The summed E-state index contributed by atoms with van der Waals surface area (Å²) in [5.41, 5.74) is 0. The van der Waals surface area contributed by atoms with Gasteiger partial charge in [0.05, 0.1) is 31.1 Å². The Balaban J connectivity index is 5.63. The highest BCUT2D eigenvalue weighted by atomic mass is 31.2. The van der Waals surface area contributed by atoms with Crippen LogP contribution in [0.1, 0.15) is 65.7 Å². The number of halogens is 9. The van der Waals surface area contributed by atoms with Crippen LogP contribution in [0.4, 0.5) is 39.5 Å². The van der Waals surface area contributed by atoms with E-state index in [9.17, 15) is 39.5 Å². The van der Waals surface area contributed by atoms with Gasteiger partial charge in [-0.05, 0) is 19.3 Å². The van der Waals surface area contributed by atoms with Gasteiger partial charge in [0.1, 0.15) is 0 Å². The second-order valence-corrected chi connectivity index (χ2v) is 11.9. The van der Waals surface area contributed by atoms with E-state index < -0.39 is 43.8 Å². The van der Waals surface area contributed by atoms with Gasteiger partial charge in [-0.1, -0.05) is 40.0 Å². The van der Waals surface area contributed by atoms with Gasteiger partial charge >= 0.3 is 23.9 Å². The van der Waals surface area contributed by atoms with E-state index in [2.05, 4.69) is 0 Å². The molecule has 0 aromatic rings. The number of rotatable bonds is 14. The van der Waals surface area contributed by atoms with Crippen molar-refractivity contribution in [2.24, 2.45) is 0 Å². The summed E-state index contributed by atoms with van der Waals surface area (Å²) in [6.45, 7) is 5.67. The van der Waals surface area contributed by atoms with E-state index >= 15 is 0 Å². The second kappa shape index (κ2) is 10.7. The molecular weight excluding hydrogens is 418 g/mol. The lowest BCUT2D eigenvalue weighted by Gasteiger charge is -2.35. The molecule has 28 heavy (non-hydrogen) atoms. The molecule has 0 bridgehead atoms. The monoisotopic (exact) mass is 449 g/mol. The van der Waals surface area contributed by atoms with E-state index in [1.807, 2.05) is 20.8 Å². The quantitative estimate of drug-likeness (QED) is 0.185. The molecule has 0 fully saturated rings. The van der Waals surface area contributed by atoms with Gasteiger partial charge < -0.3 is 0 Å². The van der Waals surface area contributed by atoms with Crippen molar-refractivity contribution in [3.05, 3.63) is 0 Å². The molecule has 0 aromatic carbocycles. The van der Waals surface area contributed by atoms with Gasteiger partial charge in [0.15, 0.2) is 0 Å². The third kappa shape index (κ3) is 6.66. The van der Waals surface area contributed by atoms with Crippen LogP contribution < -0.4 is 0 Å². The summed E-state index contributed by atoms with van der Waals surface area (Å²) >= 11 is 0. The molecule has 0 rings (SSSR count). The molecule has 0 aliphatic carbocycles. The van der Waals surface area contributed by atoms with Crippen LogP contribution >= 0.6 is 7.26 Å². The summed E-state index contributed by atoms with van der Waals surface area (Å²) < 4.78 is 118. The zero-order valence-electron chi connectivity index (χ0n) is 16.6. The van der Waals surface area contributed by atoms with Gasteiger partial charge in [-0.2, -0.15) is 39.5 Å². The fourth-order valence-corrected chi connectivity index (χ4v) is 8.15.